The molecule has 0 fully saturated rings. The van der Waals surface area contributed by atoms with Crippen molar-refractivity contribution in [3.05, 3.63) is 89.8 Å². The van der Waals surface area contributed by atoms with Crippen LogP contribution < -0.4 is 9.62 Å². The second-order valence-electron chi connectivity index (χ2n) is 8.26. The summed E-state index contributed by atoms with van der Waals surface area (Å²) in [4.78, 5) is 32.0. The van der Waals surface area contributed by atoms with E-state index in [9.17, 15) is 23.1 Å². The summed E-state index contributed by atoms with van der Waals surface area (Å²) in [6.45, 7) is -0.00419. The van der Waals surface area contributed by atoms with E-state index < -0.39 is 27.9 Å². The highest BCUT2D eigenvalue weighted by Gasteiger charge is 2.28. The largest absolute Gasteiger partial charge is 0.480 e. The quantitative estimate of drug-likeness (QED) is 0.229. The van der Waals surface area contributed by atoms with Gasteiger partial charge in [0, 0.05) is 11.8 Å². The van der Waals surface area contributed by atoms with E-state index in [1.807, 2.05) is 36.6 Å². The van der Waals surface area contributed by atoms with Gasteiger partial charge in [-0.3, -0.25) is 9.10 Å². The number of aromatic amines is 1. The summed E-state index contributed by atoms with van der Waals surface area (Å²) in [5, 5.41) is 13.9. The fourth-order valence-electron chi connectivity index (χ4n) is 3.83. The molecule has 0 unspecified atom stereocenters. The van der Waals surface area contributed by atoms with Crippen molar-refractivity contribution in [3.63, 3.8) is 0 Å². The van der Waals surface area contributed by atoms with Gasteiger partial charge in [0.2, 0.25) is 0 Å². The van der Waals surface area contributed by atoms with Gasteiger partial charge in [-0.25, -0.2) is 18.2 Å². The Bertz CT molecular complexity index is 1470. The van der Waals surface area contributed by atoms with Crippen LogP contribution in [0.25, 0.3) is 11.1 Å². The molecule has 1 amide bonds. The Morgan fingerprint density at radius 2 is 1.95 bits per heavy atom. The number of thioether (sulfide) groups is 1. The number of hydrogen-bond acceptors (Lipinski definition) is 7. The Balaban J connectivity index is 1.79. The molecule has 0 aliphatic heterocycles. The molecule has 1 atom stereocenters. The van der Waals surface area contributed by atoms with Gasteiger partial charge in [0.15, 0.2) is 0 Å². The fourth-order valence-corrected chi connectivity index (χ4v) is 6.84. The Morgan fingerprint density at radius 1 is 1.16 bits per heavy atom. The first-order valence-electron chi connectivity index (χ1n) is 11.6. The molecule has 0 saturated heterocycles. The van der Waals surface area contributed by atoms with E-state index >= 15 is 0 Å². The lowest BCUT2D eigenvalue weighted by Crippen LogP contribution is -2.41. The van der Waals surface area contributed by atoms with Gasteiger partial charge >= 0.3 is 5.97 Å². The first kappa shape index (κ1) is 27.4. The van der Waals surface area contributed by atoms with Crippen LogP contribution in [0.2, 0.25) is 0 Å². The number of hydrogen-bond donors (Lipinski definition) is 3. The molecule has 4 aromatic rings. The summed E-state index contributed by atoms with van der Waals surface area (Å²) in [5.74, 6) is -1.09. The lowest BCUT2D eigenvalue weighted by Gasteiger charge is -2.25. The minimum Gasteiger partial charge on any atom is -0.480 e. The number of carbonyl (C=O) groups excluding carboxylic acids is 1. The van der Waals surface area contributed by atoms with Crippen LogP contribution in [0.5, 0.6) is 0 Å². The van der Waals surface area contributed by atoms with E-state index in [-0.39, 0.29) is 22.7 Å². The highest BCUT2D eigenvalue weighted by molar-refractivity contribution is 7.98. The van der Waals surface area contributed by atoms with Gasteiger partial charge in [0.05, 0.1) is 24.3 Å². The second-order valence-corrected chi connectivity index (χ2v) is 12.3. The molecule has 12 heteroatoms. The predicted octanol–water partition coefficient (Wildman–Crippen LogP) is 4.47. The fraction of sp³-hybridized carbons (Fsp3) is 0.192. The third kappa shape index (κ3) is 6.26. The molecule has 0 spiro atoms. The highest BCUT2D eigenvalue weighted by atomic mass is 32.2. The van der Waals surface area contributed by atoms with Crippen molar-refractivity contribution in [2.45, 2.75) is 23.2 Å². The van der Waals surface area contributed by atoms with Crippen LogP contribution >= 0.6 is 23.1 Å². The monoisotopic (exact) mass is 570 g/mol. The molecule has 2 heterocycles. The molecule has 3 N–H and O–H groups in total. The smallest absolute Gasteiger partial charge is 0.326 e. The lowest BCUT2D eigenvalue weighted by molar-refractivity contribution is -0.139. The molecule has 0 saturated carbocycles. The van der Waals surface area contributed by atoms with E-state index in [0.29, 0.717) is 28.3 Å². The molecule has 38 heavy (non-hydrogen) atoms. The molecule has 198 valence electrons. The van der Waals surface area contributed by atoms with Crippen molar-refractivity contribution in [1.82, 2.24) is 15.3 Å². The molecule has 0 aliphatic rings. The lowest BCUT2D eigenvalue weighted by atomic mass is 9.98. The molecule has 0 radical (unpaired) electrons. The van der Waals surface area contributed by atoms with E-state index in [2.05, 4.69) is 15.3 Å². The van der Waals surface area contributed by atoms with Crippen LogP contribution in [0, 0.1) is 0 Å². The van der Waals surface area contributed by atoms with Crippen LogP contribution in [-0.4, -0.2) is 53.4 Å². The number of amides is 1. The van der Waals surface area contributed by atoms with Crippen LogP contribution in [0.15, 0.2) is 82.8 Å². The number of sulfonamides is 1. The number of benzene rings is 2. The molecule has 9 nitrogen and oxygen atoms in total. The Labute approximate surface area is 229 Å². The third-order valence-electron chi connectivity index (χ3n) is 5.74. The van der Waals surface area contributed by atoms with E-state index in [1.54, 1.807) is 35.8 Å². The second kappa shape index (κ2) is 12.3. The molecule has 2 aromatic carbocycles. The number of aliphatic carboxylic acids is 1. The molecule has 2 aromatic heterocycles. The first-order valence-corrected chi connectivity index (χ1v) is 15.3. The third-order valence-corrected chi connectivity index (χ3v) is 9.53. The Hall–Kier alpha value is -3.61. The summed E-state index contributed by atoms with van der Waals surface area (Å²) < 4.78 is 28.8. The number of imidazole rings is 1. The van der Waals surface area contributed by atoms with E-state index in [1.165, 1.54) is 28.5 Å². The number of nitrogens with zero attached hydrogens (tertiary/aromatic N) is 2. The normalized spacial score (nSPS) is 12.1. The summed E-state index contributed by atoms with van der Waals surface area (Å²) in [7, 11) is -3.94. The summed E-state index contributed by atoms with van der Waals surface area (Å²) in [5.41, 5.74) is 2.34. The molecule has 4 rings (SSSR count). The maximum atomic E-state index is 13.7. The average Bonchev–Trinajstić information content (AvgIpc) is 3.65. The van der Waals surface area contributed by atoms with Gasteiger partial charge < -0.3 is 15.4 Å². The van der Waals surface area contributed by atoms with Gasteiger partial charge in [-0.05, 0) is 59.2 Å². The first-order chi connectivity index (χ1) is 18.3. The molecular formula is C26H26N4O5S3. The standard InChI is InChI=1S/C26H26N4O5S3/c1-36-13-11-23(26(32)33)29-25(31)21-10-9-20(14-22(21)18-6-3-2-4-7-18)30(16-19-15-27-17-28-19)38(34,35)24-8-5-12-37-24/h2-10,12,14-15,17,23H,11,13,16H2,1H3,(H,27,28)(H,29,31)(H,32,33)/t23-/m0/s1. The van der Waals surface area contributed by atoms with Crippen molar-refractivity contribution in [2.24, 2.45) is 0 Å². The minimum absolute atomic E-state index is 0.00419. The minimum atomic E-state index is -3.94. The maximum absolute atomic E-state index is 13.7. The average molecular weight is 571 g/mol. The van der Waals surface area contributed by atoms with Gasteiger partial charge in [-0.15, -0.1) is 11.3 Å². The van der Waals surface area contributed by atoms with Crippen LogP contribution in [0.1, 0.15) is 22.5 Å². The van der Waals surface area contributed by atoms with Crippen molar-refractivity contribution in [1.29, 1.82) is 0 Å². The number of aromatic nitrogens is 2. The number of carbonyl (C=O) groups is 2. The SMILES string of the molecule is CSCC[C@H](NC(=O)c1ccc(N(Cc2cnc[nH]2)S(=O)(=O)c2cccs2)cc1-c1ccccc1)C(=O)O. The number of rotatable bonds is 12. The molecule has 0 aliphatic carbocycles. The summed E-state index contributed by atoms with van der Waals surface area (Å²) >= 11 is 2.61. The van der Waals surface area contributed by atoms with Gasteiger partial charge in [0.25, 0.3) is 15.9 Å². The molecule has 0 bridgehead atoms. The van der Waals surface area contributed by atoms with Gasteiger partial charge in [-0.1, -0.05) is 36.4 Å². The summed E-state index contributed by atoms with van der Waals surface area (Å²) in [6, 6.07) is 16.0. The zero-order chi connectivity index (χ0) is 27.1. The van der Waals surface area contributed by atoms with Gasteiger partial charge in [0.1, 0.15) is 10.3 Å². The number of anilines is 1. The van der Waals surface area contributed by atoms with Crippen LogP contribution in [0.4, 0.5) is 5.69 Å². The number of carboxylic acid groups (broad SMARTS) is 1. The van der Waals surface area contributed by atoms with E-state index in [0.717, 1.165) is 11.3 Å². The maximum Gasteiger partial charge on any atom is 0.326 e. The van der Waals surface area contributed by atoms with E-state index in [4.69, 9.17) is 0 Å². The zero-order valence-corrected chi connectivity index (χ0v) is 22.9. The highest BCUT2D eigenvalue weighted by Crippen LogP contribution is 2.33. The number of nitrogens with one attached hydrogen (secondary N) is 2. The van der Waals surface area contributed by atoms with Crippen molar-refractivity contribution >= 4 is 50.7 Å². The van der Waals surface area contributed by atoms with Crippen LogP contribution in [0.3, 0.4) is 0 Å². The topological polar surface area (TPSA) is 132 Å². The Kier molecular flexibility index (Phi) is 8.87. The van der Waals surface area contributed by atoms with Crippen molar-refractivity contribution < 1.29 is 23.1 Å². The number of carboxylic acids is 1. The zero-order valence-electron chi connectivity index (χ0n) is 20.4. The Morgan fingerprint density at radius 3 is 2.58 bits per heavy atom. The number of thiophene rings is 1. The predicted molar refractivity (Wildman–Crippen MR) is 150 cm³/mol. The van der Waals surface area contributed by atoms with Crippen molar-refractivity contribution in [2.75, 3.05) is 16.3 Å². The summed E-state index contributed by atoms with van der Waals surface area (Å²) in [6.07, 6.45) is 5.17. The molecular weight excluding hydrogens is 545 g/mol. The van der Waals surface area contributed by atoms with Gasteiger partial charge in [-0.2, -0.15) is 11.8 Å². The number of H-pyrrole nitrogens is 1. The van der Waals surface area contributed by atoms with Crippen molar-refractivity contribution in [3.8, 4) is 11.1 Å². The van der Waals surface area contributed by atoms with Crippen LogP contribution in [-0.2, 0) is 21.4 Å².